The van der Waals surface area contributed by atoms with Gasteiger partial charge >= 0.3 is 0 Å². The predicted molar refractivity (Wildman–Crippen MR) is 73.2 cm³/mol. The van der Waals surface area contributed by atoms with Gasteiger partial charge in [0.15, 0.2) is 4.96 Å². The quantitative estimate of drug-likeness (QED) is 0.925. The molecule has 5 heteroatoms. The molecule has 2 aromatic heterocycles. The second kappa shape index (κ2) is 4.33. The maximum Gasteiger partial charge on any atom is 0.194 e. The summed E-state index contributed by atoms with van der Waals surface area (Å²) in [5.74, 6) is 0. The van der Waals surface area contributed by atoms with E-state index in [0.29, 0.717) is 0 Å². The van der Waals surface area contributed by atoms with E-state index in [2.05, 4.69) is 40.9 Å². The number of rotatable bonds is 3. The van der Waals surface area contributed by atoms with Crippen molar-refractivity contribution in [2.45, 2.75) is 39.3 Å². The molecule has 1 atom stereocenters. The van der Waals surface area contributed by atoms with Crippen LogP contribution in [0.2, 0.25) is 0 Å². The fourth-order valence-electron chi connectivity index (χ4n) is 2.48. The van der Waals surface area contributed by atoms with Crippen LogP contribution in [0.15, 0.2) is 5.38 Å². The van der Waals surface area contributed by atoms with Crippen molar-refractivity contribution in [2.24, 2.45) is 0 Å². The molecule has 0 bridgehead atoms. The van der Waals surface area contributed by atoms with Gasteiger partial charge in [-0.1, -0.05) is 0 Å². The zero-order valence-electron chi connectivity index (χ0n) is 11.1. The third-order valence-electron chi connectivity index (χ3n) is 3.73. The molecule has 0 radical (unpaired) electrons. The first kappa shape index (κ1) is 12.1. The van der Waals surface area contributed by atoms with Gasteiger partial charge in [-0.05, 0) is 27.2 Å². The van der Waals surface area contributed by atoms with E-state index < -0.39 is 0 Å². The highest BCUT2D eigenvalue weighted by Crippen LogP contribution is 2.22. The lowest BCUT2D eigenvalue weighted by Gasteiger charge is -2.23. The summed E-state index contributed by atoms with van der Waals surface area (Å²) in [5.41, 5.74) is 3.78. The summed E-state index contributed by atoms with van der Waals surface area (Å²) in [4.78, 5) is 5.70. The minimum atomic E-state index is 0.112. The van der Waals surface area contributed by atoms with E-state index in [4.69, 9.17) is 4.74 Å². The van der Waals surface area contributed by atoms with E-state index in [1.807, 2.05) is 0 Å². The summed E-state index contributed by atoms with van der Waals surface area (Å²) < 4.78 is 7.73. The molecule has 0 amide bonds. The zero-order valence-corrected chi connectivity index (χ0v) is 11.9. The summed E-state index contributed by atoms with van der Waals surface area (Å²) in [7, 11) is 0. The van der Waals surface area contributed by atoms with Gasteiger partial charge in [-0.15, -0.1) is 11.3 Å². The van der Waals surface area contributed by atoms with E-state index in [9.17, 15) is 0 Å². The number of thiazole rings is 1. The Morgan fingerprint density at radius 1 is 1.56 bits per heavy atom. The van der Waals surface area contributed by atoms with Gasteiger partial charge in [0.1, 0.15) is 0 Å². The molecule has 18 heavy (non-hydrogen) atoms. The zero-order chi connectivity index (χ0) is 12.8. The van der Waals surface area contributed by atoms with Crippen LogP contribution in [-0.2, 0) is 11.3 Å². The van der Waals surface area contributed by atoms with Gasteiger partial charge in [0, 0.05) is 29.8 Å². The average molecular weight is 265 g/mol. The Labute approximate surface area is 111 Å². The fourth-order valence-corrected chi connectivity index (χ4v) is 3.41. The van der Waals surface area contributed by atoms with Gasteiger partial charge in [-0.3, -0.25) is 4.40 Å². The van der Waals surface area contributed by atoms with E-state index in [-0.39, 0.29) is 5.54 Å². The lowest BCUT2D eigenvalue weighted by molar-refractivity contribution is 0.171. The Morgan fingerprint density at radius 3 is 3.11 bits per heavy atom. The van der Waals surface area contributed by atoms with Crippen molar-refractivity contribution in [3.63, 3.8) is 0 Å². The third-order valence-corrected chi connectivity index (χ3v) is 4.67. The molecule has 3 rings (SSSR count). The lowest BCUT2D eigenvalue weighted by atomic mass is 10.0. The maximum atomic E-state index is 5.47. The topological polar surface area (TPSA) is 38.6 Å². The van der Waals surface area contributed by atoms with Crippen LogP contribution >= 0.6 is 11.3 Å². The largest absolute Gasteiger partial charge is 0.379 e. The second-order valence-electron chi connectivity index (χ2n) is 5.36. The minimum absolute atomic E-state index is 0.112. The molecule has 0 aromatic carbocycles. The molecular formula is C13H19N3OS. The van der Waals surface area contributed by atoms with Crippen LogP contribution in [0.1, 0.15) is 30.4 Å². The van der Waals surface area contributed by atoms with Crippen molar-refractivity contribution in [3.8, 4) is 0 Å². The van der Waals surface area contributed by atoms with Crippen LogP contribution in [0.3, 0.4) is 0 Å². The molecule has 0 spiro atoms. The van der Waals surface area contributed by atoms with Gasteiger partial charge in [-0.25, -0.2) is 4.98 Å². The van der Waals surface area contributed by atoms with Crippen molar-refractivity contribution >= 4 is 16.3 Å². The predicted octanol–water partition coefficient (Wildman–Crippen LogP) is 2.28. The summed E-state index contributed by atoms with van der Waals surface area (Å²) in [6.45, 7) is 8.97. The first-order valence-electron chi connectivity index (χ1n) is 6.34. The number of nitrogens with one attached hydrogen (secondary N) is 1. The number of hydrogen-bond acceptors (Lipinski definition) is 4. The van der Waals surface area contributed by atoms with Crippen LogP contribution in [0.5, 0.6) is 0 Å². The minimum Gasteiger partial charge on any atom is -0.379 e. The first-order chi connectivity index (χ1) is 8.59. The van der Waals surface area contributed by atoms with Gasteiger partial charge in [0.2, 0.25) is 0 Å². The smallest absolute Gasteiger partial charge is 0.194 e. The molecule has 0 aliphatic carbocycles. The molecule has 4 nitrogen and oxygen atoms in total. The summed E-state index contributed by atoms with van der Waals surface area (Å²) in [6, 6.07) is 0. The van der Waals surface area contributed by atoms with Crippen molar-refractivity contribution in [1.82, 2.24) is 14.7 Å². The van der Waals surface area contributed by atoms with Crippen LogP contribution in [-0.4, -0.2) is 28.1 Å². The van der Waals surface area contributed by atoms with Crippen LogP contribution in [0, 0.1) is 13.8 Å². The van der Waals surface area contributed by atoms with Crippen LogP contribution in [0.25, 0.3) is 4.96 Å². The van der Waals surface area contributed by atoms with Crippen molar-refractivity contribution in [2.75, 3.05) is 13.2 Å². The SMILES string of the molecule is Cc1nc2scc(C)n2c1CNC1(C)CCOC1. The number of fused-ring (bicyclic) bond motifs is 1. The third kappa shape index (κ3) is 1.96. The fraction of sp³-hybridized carbons (Fsp3) is 0.615. The maximum absolute atomic E-state index is 5.47. The van der Waals surface area contributed by atoms with Gasteiger partial charge in [0.05, 0.1) is 18.0 Å². The molecule has 1 fully saturated rings. The molecule has 1 unspecified atom stereocenters. The Kier molecular flexibility index (Phi) is 2.92. The number of imidazole rings is 1. The molecule has 0 saturated carbocycles. The monoisotopic (exact) mass is 265 g/mol. The summed E-state index contributed by atoms with van der Waals surface area (Å²) in [5, 5.41) is 5.79. The highest BCUT2D eigenvalue weighted by atomic mass is 32.1. The van der Waals surface area contributed by atoms with E-state index in [1.54, 1.807) is 11.3 Å². The van der Waals surface area contributed by atoms with Gasteiger partial charge < -0.3 is 10.1 Å². The number of aromatic nitrogens is 2. The van der Waals surface area contributed by atoms with Crippen LogP contribution in [0.4, 0.5) is 0 Å². The van der Waals surface area contributed by atoms with Gasteiger partial charge in [-0.2, -0.15) is 0 Å². The highest BCUT2D eigenvalue weighted by Gasteiger charge is 2.29. The second-order valence-corrected chi connectivity index (χ2v) is 6.19. The van der Waals surface area contributed by atoms with Crippen molar-refractivity contribution in [1.29, 1.82) is 0 Å². The van der Waals surface area contributed by atoms with E-state index >= 15 is 0 Å². The standard InChI is InChI=1S/C13H19N3OS/c1-9-7-18-12-15-10(2)11(16(9)12)6-14-13(3)4-5-17-8-13/h7,14H,4-6,8H2,1-3H3. The average Bonchev–Trinajstić information content (AvgIpc) is 2.97. The molecule has 1 aliphatic heterocycles. The lowest BCUT2D eigenvalue weighted by Crippen LogP contribution is -2.42. The molecule has 3 heterocycles. The van der Waals surface area contributed by atoms with E-state index in [1.165, 1.54) is 11.4 Å². The molecule has 98 valence electrons. The normalized spacial score (nSPS) is 24.2. The Morgan fingerprint density at radius 2 is 2.39 bits per heavy atom. The molecule has 1 aliphatic rings. The summed E-state index contributed by atoms with van der Waals surface area (Å²) >= 11 is 1.71. The molecular weight excluding hydrogens is 246 g/mol. The van der Waals surface area contributed by atoms with Gasteiger partial charge in [0.25, 0.3) is 0 Å². The Bertz CT molecular complexity index is 566. The summed E-state index contributed by atoms with van der Waals surface area (Å²) in [6.07, 6.45) is 1.08. The molecule has 1 saturated heterocycles. The van der Waals surface area contributed by atoms with Crippen molar-refractivity contribution < 1.29 is 4.74 Å². The number of ether oxygens (including phenoxy) is 1. The first-order valence-corrected chi connectivity index (χ1v) is 7.22. The van der Waals surface area contributed by atoms with Crippen LogP contribution < -0.4 is 5.32 Å². The van der Waals surface area contributed by atoms with Crippen molar-refractivity contribution in [3.05, 3.63) is 22.5 Å². The highest BCUT2D eigenvalue weighted by molar-refractivity contribution is 7.15. The number of nitrogens with zero attached hydrogens (tertiary/aromatic N) is 2. The molecule has 1 N–H and O–H groups in total. The molecule has 2 aromatic rings. The Hall–Kier alpha value is -0.910. The van der Waals surface area contributed by atoms with E-state index in [0.717, 1.165) is 36.8 Å². The Balaban J connectivity index is 1.85. The number of aryl methyl sites for hydroxylation is 2. The number of hydrogen-bond donors (Lipinski definition) is 1.